The molecule has 124 valence electrons. The van der Waals surface area contributed by atoms with E-state index >= 15 is 0 Å². The number of piperidine rings is 1. The number of nitrogens with zero attached hydrogens (tertiary/aromatic N) is 2. The van der Waals surface area contributed by atoms with Crippen LogP contribution < -0.4 is 5.73 Å². The molecule has 2 N–H and O–H groups in total. The van der Waals surface area contributed by atoms with Gasteiger partial charge in [-0.3, -0.25) is 14.5 Å². The SMILES string of the molecule is NC(=O)C1CCN(C(=O)c2ccc(CN3CCCC3)cc2)CC1. The fourth-order valence-corrected chi connectivity index (χ4v) is 3.50. The molecule has 2 saturated heterocycles. The second-order valence-electron chi connectivity index (χ2n) is 6.65. The van der Waals surface area contributed by atoms with Crippen LogP contribution in [0.2, 0.25) is 0 Å². The number of carbonyl (C=O) groups is 2. The van der Waals surface area contributed by atoms with Crippen molar-refractivity contribution in [1.29, 1.82) is 0 Å². The molecule has 3 rings (SSSR count). The molecule has 5 nitrogen and oxygen atoms in total. The summed E-state index contributed by atoms with van der Waals surface area (Å²) in [6.45, 7) is 4.55. The molecule has 2 aliphatic rings. The van der Waals surface area contributed by atoms with E-state index in [1.165, 1.54) is 31.5 Å². The molecule has 2 amide bonds. The van der Waals surface area contributed by atoms with Crippen LogP contribution in [0.4, 0.5) is 0 Å². The molecule has 1 aromatic rings. The highest BCUT2D eigenvalue weighted by molar-refractivity contribution is 5.94. The highest BCUT2D eigenvalue weighted by Crippen LogP contribution is 2.19. The van der Waals surface area contributed by atoms with Crippen molar-refractivity contribution in [3.8, 4) is 0 Å². The van der Waals surface area contributed by atoms with Crippen molar-refractivity contribution in [1.82, 2.24) is 9.80 Å². The quantitative estimate of drug-likeness (QED) is 0.918. The third kappa shape index (κ3) is 3.91. The molecular formula is C18H25N3O2. The minimum Gasteiger partial charge on any atom is -0.369 e. The van der Waals surface area contributed by atoms with Crippen molar-refractivity contribution < 1.29 is 9.59 Å². The molecule has 0 atom stereocenters. The maximum atomic E-state index is 12.5. The zero-order chi connectivity index (χ0) is 16.2. The monoisotopic (exact) mass is 315 g/mol. The molecule has 0 aliphatic carbocycles. The van der Waals surface area contributed by atoms with E-state index in [0.717, 1.165) is 12.1 Å². The van der Waals surface area contributed by atoms with Gasteiger partial charge in [0, 0.05) is 31.1 Å². The molecular weight excluding hydrogens is 290 g/mol. The Kier molecular flexibility index (Phi) is 4.96. The molecule has 0 bridgehead atoms. The standard InChI is InChI=1S/C18H25N3O2/c19-17(22)15-7-11-21(12-8-15)18(23)16-5-3-14(4-6-16)13-20-9-1-2-10-20/h3-6,15H,1-2,7-13H2,(H2,19,22). The van der Waals surface area contributed by atoms with E-state index in [1.54, 1.807) is 0 Å². The molecule has 5 heteroatoms. The van der Waals surface area contributed by atoms with E-state index in [2.05, 4.69) is 17.0 Å². The summed E-state index contributed by atoms with van der Waals surface area (Å²) in [5.41, 5.74) is 7.33. The number of carbonyl (C=O) groups excluding carboxylic acids is 2. The molecule has 23 heavy (non-hydrogen) atoms. The van der Waals surface area contributed by atoms with Crippen molar-refractivity contribution in [3.63, 3.8) is 0 Å². The molecule has 2 heterocycles. The lowest BCUT2D eigenvalue weighted by Crippen LogP contribution is -2.41. The number of rotatable bonds is 4. The summed E-state index contributed by atoms with van der Waals surface area (Å²) in [4.78, 5) is 28.0. The van der Waals surface area contributed by atoms with Gasteiger partial charge in [0.05, 0.1) is 0 Å². The summed E-state index contributed by atoms with van der Waals surface area (Å²) in [6.07, 6.45) is 3.93. The number of benzene rings is 1. The molecule has 0 saturated carbocycles. The van der Waals surface area contributed by atoms with Gasteiger partial charge in [0.2, 0.25) is 5.91 Å². The van der Waals surface area contributed by atoms with Crippen LogP contribution in [0.3, 0.4) is 0 Å². The molecule has 0 aromatic heterocycles. The fourth-order valence-electron chi connectivity index (χ4n) is 3.50. The van der Waals surface area contributed by atoms with Crippen LogP contribution in [-0.2, 0) is 11.3 Å². The van der Waals surface area contributed by atoms with E-state index < -0.39 is 0 Å². The number of primary amides is 1. The molecule has 2 aliphatic heterocycles. The van der Waals surface area contributed by atoms with Crippen molar-refractivity contribution >= 4 is 11.8 Å². The topological polar surface area (TPSA) is 66.6 Å². The predicted molar refractivity (Wildman–Crippen MR) is 88.8 cm³/mol. The van der Waals surface area contributed by atoms with Gasteiger partial charge < -0.3 is 10.6 Å². The number of nitrogens with two attached hydrogens (primary N) is 1. The van der Waals surface area contributed by atoms with Crippen LogP contribution in [0.15, 0.2) is 24.3 Å². The van der Waals surface area contributed by atoms with Crippen molar-refractivity contribution in [2.75, 3.05) is 26.2 Å². The van der Waals surface area contributed by atoms with Gasteiger partial charge in [-0.15, -0.1) is 0 Å². The summed E-state index contributed by atoms with van der Waals surface area (Å²) in [6, 6.07) is 7.96. The smallest absolute Gasteiger partial charge is 0.253 e. The van der Waals surface area contributed by atoms with Gasteiger partial charge in [-0.25, -0.2) is 0 Å². The van der Waals surface area contributed by atoms with E-state index in [4.69, 9.17) is 5.73 Å². The Morgan fingerprint density at radius 3 is 2.17 bits per heavy atom. The maximum absolute atomic E-state index is 12.5. The van der Waals surface area contributed by atoms with Gasteiger partial charge in [-0.05, 0) is 56.5 Å². The van der Waals surface area contributed by atoms with Crippen LogP contribution in [0.5, 0.6) is 0 Å². The van der Waals surface area contributed by atoms with Crippen LogP contribution in [0.25, 0.3) is 0 Å². The molecule has 0 unspecified atom stereocenters. The second kappa shape index (κ2) is 7.13. The highest BCUT2D eigenvalue weighted by Gasteiger charge is 2.26. The van der Waals surface area contributed by atoms with Crippen molar-refractivity contribution in [2.45, 2.75) is 32.2 Å². The predicted octanol–water partition coefficient (Wildman–Crippen LogP) is 1.62. The number of hydrogen-bond donors (Lipinski definition) is 1. The number of hydrogen-bond acceptors (Lipinski definition) is 3. The fraction of sp³-hybridized carbons (Fsp3) is 0.556. The molecule has 2 fully saturated rings. The third-order valence-electron chi connectivity index (χ3n) is 4.99. The minimum atomic E-state index is -0.247. The van der Waals surface area contributed by atoms with E-state index in [1.807, 2.05) is 17.0 Å². The molecule has 0 radical (unpaired) electrons. The van der Waals surface area contributed by atoms with Gasteiger partial charge in [-0.1, -0.05) is 12.1 Å². The third-order valence-corrected chi connectivity index (χ3v) is 4.99. The summed E-state index contributed by atoms with van der Waals surface area (Å²) >= 11 is 0. The Bertz CT molecular complexity index is 556. The largest absolute Gasteiger partial charge is 0.369 e. The first-order valence-corrected chi connectivity index (χ1v) is 8.53. The Balaban J connectivity index is 1.56. The highest BCUT2D eigenvalue weighted by atomic mass is 16.2. The van der Waals surface area contributed by atoms with Gasteiger partial charge in [0.1, 0.15) is 0 Å². The first kappa shape index (κ1) is 16.0. The van der Waals surface area contributed by atoms with Gasteiger partial charge in [-0.2, -0.15) is 0 Å². The Morgan fingerprint density at radius 2 is 1.61 bits per heavy atom. The van der Waals surface area contributed by atoms with Crippen molar-refractivity contribution in [3.05, 3.63) is 35.4 Å². The van der Waals surface area contributed by atoms with E-state index in [0.29, 0.717) is 25.9 Å². The average Bonchev–Trinajstić information content (AvgIpc) is 3.08. The summed E-state index contributed by atoms with van der Waals surface area (Å²) < 4.78 is 0. The zero-order valence-electron chi connectivity index (χ0n) is 13.5. The average molecular weight is 315 g/mol. The van der Waals surface area contributed by atoms with Gasteiger partial charge >= 0.3 is 0 Å². The van der Waals surface area contributed by atoms with Gasteiger partial charge in [0.15, 0.2) is 0 Å². The zero-order valence-corrected chi connectivity index (χ0v) is 13.5. The second-order valence-corrected chi connectivity index (χ2v) is 6.65. The Morgan fingerprint density at radius 1 is 1.00 bits per heavy atom. The van der Waals surface area contributed by atoms with Crippen LogP contribution in [0.1, 0.15) is 41.6 Å². The normalized spacial score (nSPS) is 19.9. The summed E-state index contributed by atoms with van der Waals surface area (Å²) in [7, 11) is 0. The first-order chi connectivity index (χ1) is 11.1. The Labute approximate surface area is 137 Å². The molecule has 0 spiro atoms. The maximum Gasteiger partial charge on any atom is 0.253 e. The van der Waals surface area contributed by atoms with Crippen LogP contribution in [0, 0.1) is 5.92 Å². The Hall–Kier alpha value is -1.88. The lowest BCUT2D eigenvalue weighted by molar-refractivity contribution is -0.123. The van der Waals surface area contributed by atoms with E-state index in [-0.39, 0.29) is 17.7 Å². The summed E-state index contributed by atoms with van der Waals surface area (Å²) in [5, 5.41) is 0. The summed E-state index contributed by atoms with van der Waals surface area (Å²) in [5.74, 6) is -0.272. The lowest BCUT2D eigenvalue weighted by atomic mass is 9.96. The lowest BCUT2D eigenvalue weighted by Gasteiger charge is -2.30. The van der Waals surface area contributed by atoms with Crippen molar-refractivity contribution in [2.24, 2.45) is 11.7 Å². The first-order valence-electron chi connectivity index (χ1n) is 8.53. The minimum absolute atomic E-state index is 0.0562. The van der Waals surface area contributed by atoms with Crippen LogP contribution in [-0.4, -0.2) is 47.8 Å². The molecule has 1 aromatic carbocycles. The van der Waals surface area contributed by atoms with Gasteiger partial charge in [0.25, 0.3) is 5.91 Å². The number of likely N-dealkylation sites (tertiary alicyclic amines) is 2. The number of amides is 2. The van der Waals surface area contributed by atoms with E-state index in [9.17, 15) is 9.59 Å². The van der Waals surface area contributed by atoms with Crippen LogP contribution >= 0.6 is 0 Å².